The number of nitrogens with zero attached hydrogens (tertiary/aromatic N) is 5. The summed E-state index contributed by atoms with van der Waals surface area (Å²) in [4.78, 5) is 50.3. The van der Waals surface area contributed by atoms with E-state index in [0.29, 0.717) is 33.4 Å². The smallest absolute Gasteiger partial charge is 0.248 e. The van der Waals surface area contributed by atoms with Gasteiger partial charge in [-0.2, -0.15) is 5.10 Å². The van der Waals surface area contributed by atoms with Crippen LogP contribution in [0.1, 0.15) is 48.3 Å². The lowest BCUT2D eigenvalue weighted by Gasteiger charge is -2.27. The molecule has 1 saturated heterocycles. The lowest BCUT2D eigenvalue weighted by atomic mass is 10.0. The highest BCUT2D eigenvalue weighted by Crippen LogP contribution is 2.59. The Hall–Kier alpha value is -3.92. The number of halogens is 1. The number of hydrogen-bond acceptors (Lipinski definition) is 6. The summed E-state index contributed by atoms with van der Waals surface area (Å²) in [6.45, 7) is 7.37. The van der Waals surface area contributed by atoms with Crippen molar-refractivity contribution in [1.82, 2.24) is 24.6 Å². The molecule has 10 heteroatoms. The van der Waals surface area contributed by atoms with Gasteiger partial charge >= 0.3 is 0 Å². The van der Waals surface area contributed by atoms with Crippen LogP contribution in [-0.4, -0.2) is 54.3 Å². The van der Waals surface area contributed by atoms with Gasteiger partial charge in [0.2, 0.25) is 11.8 Å². The Kier molecular flexibility index (Phi) is 6.33. The average Bonchev–Trinajstić information content (AvgIpc) is 3.28. The summed E-state index contributed by atoms with van der Waals surface area (Å²) in [5.41, 5.74) is 4.46. The monoisotopic (exact) mass is 600 g/mol. The number of aryl methyl sites for hydroxylation is 2. The number of rotatable bonds is 6. The molecule has 1 aliphatic heterocycles. The van der Waals surface area contributed by atoms with Crippen molar-refractivity contribution < 1.29 is 14.4 Å². The van der Waals surface area contributed by atoms with E-state index in [1.54, 1.807) is 15.8 Å². The van der Waals surface area contributed by atoms with E-state index in [1.807, 2.05) is 56.3 Å². The molecule has 3 aromatic heterocycles. The summed E-state index contributed by atoms with van der Waals surface area (Å²) in [7, 11) is 0. The highest BCUT2D eigenvalue weighted by molar-refractivity contribution is 9.10. The van der Waals surface area contributed by atoms with Crippen LogP contribution >= 0.6 is 15.9 Å². The van der Waals surface area contributed by atoms with E-state index in [0.717, 1.165) is 28.8 Å². The first-order valence-electron chi connectivity index (χ1n) is 13.2. The van der Waals surface area contributed by atoms with Gasteiger partial charge in [0.05, 0.1) is 11.2 Å². The zero-order chi connectivity index (χ0) is 28.3. The Morgan fingerprint density at radius 2 is 1.90 bits per heavy atom. The molecule has 2 aliphatic rings. The summed E-state index contributed by atoms with van der Waals surface area (Å²) in [5, 5.41) is 8.14. The molecule has 4 heterocycles. The molecule has 1 unspecified atom stereocenters. The van der Waals surface area contributed by atoms with E-state index in [1.165, 1.54) is 6.92 Å². The molecule has 6 rings (SSSR count). The van der Waals surface area contributed by atoms with Crippen molar-refractivity contribution in [3.05, 3.63) is 70.1 Å². The van der Waals surface area contributed by atoms with Crippen molar-refractivity contribution in [2.24, 2.45) is 5.41 Å². The Morgan fingerprint density at radius 3 is 2.62 bits per heavy atom. The zero-order valence-electron chi connectivity index (χ0n) is 22.7. The molecule has 2 fully saturated rings. The van der Waals surface area contributed by atoms with Gasteiger partial charge in [0, 0.05) is 30.1 Å². The second-order valence-electron chi connectivity index (χ2n) is 11.2. The maximum Gasteiger partial charge on any atom is 0.248 e. The summed E-state index contributed by atoms with van der Waals surface area (Å²) in [6, 6.07) is 12.7. The van der Waals surface area contributed by atoms with Crippen LogP contribution in [0, 0.1) is 19.3 Å². The van der Waals surface area contributed by atoms with Gasteiger partial charge < -0.3 is 10.2 Å². The number of Topliss-reactive ketones (excluding diaryl/α,β-unsaturated/α-hetero) is 1. The highest BCUT2D eigenvalue weighted by atomic mass is 79.9. The molecular weight excluding hydrogens is 572 g/mol. The molecule has 204 valence electrons. The number of fused-ring (bicyclic) bond motifs is 2. The molecule has 1 aliphatic carbocycles. The first kappa shape index (κ1) is 26.3. The van der Waals surface area contributed by atoms with Crippen molar-refractivity contribution in [3.8, 4) is 11.3 Å². The van der Waals surface area contributed by atoms with Gasteiger partial charge in [-0.1, -0.05) is 25.1 Å². The van der Waals surface area contributed by atoms with Gasteiger partial charge in [-0.3, -0.25) is 24.0 Å². The highest BCUT2D eigenvalue weighted by Gasteiger charge is 2.64. The fourth-order valence-electron chi connectivity index (χ4n) is 5.76. The van der Waals surface area contributed by atoms with Gasteiger partial charge in [-0.25, -0.2) is 4.98 Å². The standard InChI is InChI=1S/C30H29BrN6O3/c1-16-5-8-21(32-14-16)19-7-9-22-20(11-19)27(18(3)38)35-36(22)15-26(39)37-23(12-30(4)13-24(30)37)29(40)34-28-17(2)6-10-25(31)33-28/h5-11,14,23-24H,12-13,15H2,1-4H3,(H,33,34,40)/t23-,24?,30-/m0/s1. The number of carbonyl (C=O) groups is 3. The molecule has 40 heavy (non-hydrogen) atoms. The Balaban J connectivity index is 1.29. The predicted octanol–water partition coefficient (Wildman–Crippen LogP) is 5.09. The second kappa shape index (κ2) is 9.62. The first-order chi connectivity index (χ1) is 19.0. The number of benzene rings is 1. The Bertz CT molecular complexity index is 1700. The molecule has 1 saturated carbocycles. The third-order valence-electron chi connectivity index (χ3n) is 8.11. The third kappa shape index (κ3) is 4.60. The number of nitrogens with one attached hydrogen (secondary N) is 1. The molecule has 1 aromatic carbocycles. The largest absolute Gasteiger partial charge is 0.325 e. The predicted molar refractivity (Wildman–Crippen MR) is 155 cm³/mol. The van der Waals surface area contributed by atoms with E-state index in [-0.39, 0.29) is 35.6 Å². The number of hydrogen-bond donors (Lipinski definition) is 1. The van der Waals surface area contributed by atoms with Gasteiger partial charge in [0.25, 0.3) is 0 Å². The van der Waals surface area contributed by atoms with Gasteiger partial charge in [-0.15, -0.1) is 0 Å². The summed E-state index contributed by atoms with van der Waals surface area (Å²) < 4.78 is 2.20. The van der Waals surface area contributed by atoms with E-state index in [4.69, 9.17) is 0 Å². The summed E-state index contributed by atoms with van der Waals surface area (Å²) in [5.74, 6) is -0.162. The SMILES string of the molecule is CC(=O)c1nn(CC(=O)N2C3C[C@]3(C)C[C@H]2C(=O)Nc2nc(Br)ccc2C)c2ccc(-c3ccc(C)cn3)cc12. The van der Waals surface area contributed by atoms with Crippen LogP contribution in [0.15, 0.2) is 53.3 Å². The van der Waals surface area contributed by atoms with Crippen molar-refractivity contribution in [2.75, 3.05) is 5.32 Å². The topological polar surface area (TPSA) is 110 Å². The molecule has 3 atom stereocenters. The number of ketones is 1. The lowest BCUT2D eigenvalue weighted by Crippen LogP contribution is -2.47. The summed E-state index contributed by atoms with van der Waals surface area (Å²) in [6.07, 6.45) is 3.26. The molecule has 0 spiro atoms. The number of anilines is 1. The Labute approximate surface area is 240 Å². The maximum absolute atomic E-state index is 13.8. The Morgan fingerprint density at radius 1 is 1.10 bits per heavy atom. The van der Waals surface area contributed by atoms with Crippen LogP contribution < -0.4 is 5.32 Å². The zero-order valence-corrected chi connectivity index (χ0v) is 24.3. The quantitative estimate of drug-likeness (QED) is 0.244. The number of amides is 2. The molecule has 0 bridgehead atoms. The second-order valence-corrected chi connectivity index (χ2v) is 12.0. The number of pyridine rings is 2. The number of likely N-dealkylation sites (tertiary alicyclic amines) is 1. The molecular formula is C30H29BrN6O3. The number of aromatic nitrogens is 4. The normalized spacial score (nSPS) is 21.4. The van der Waals surface area contributed by atoms with Crippen molar-refractivity contribution >= 4 is 50.2 Å². The minimum atomic E-state index is -0.607. The minimum Gasteiger partial charge on any atom is -0.325 e. The van der Waals surface area contributed by atoms with Crippen molar-refractivity contribution in [2.45, 2.75) is 59.2 Å². The number of piperidine rings is 1. The van der Waals surface area contributed by atoms with Crippen molar-refractivity contribution in [1.29, 1.82) is 0 Å². The molecule has 9 nitrogen and oxygen atoms in total. The maximum atomic E-state index is 13.8. The van der Waals surface area contributed by atoms with Crippen LogP contribution in [0.25, 0.3) is 22.2 Å². The van der Waals surface area contributed by atoms with Crippen LogP contribution in [-0.2, 0) is 16.1 Å². The van der Waals surface area contributed by atoms with E-state index < -0.39 is 6.04 Å². The fourth-order valence-corrected chi connectivity index (χ4v) is 6.07. The van der Waals surface area contributed by atoms with E-state index in [2.05, 4.69) is 43.2 Å². The van der Waals surface area contributed by atoms with E-state index >= 15 is 0 Å². The van der Waals surface area contributed by atoms with Gasteiger partial charge in [0.1, 0.15) is 28.7 Å². The van der Waals surface area contributed by atoms with Crippen LogP contribution in [0.4, 0.5) is 5.82 Å². The molecule has 2 amide bonds. The molecule has 0 radical (unpaired) electrons. The molecule has 1 N–H and O–H groups in total. The average molecular weight is 602 g/mol. The fraction of sp³-hybridized carbons (Fsp3) is 0.333. The first-order valence-corrected chi connectivity index (χ1v) is 14.0. The van der Waals surface area contributed by atoms with E-state index in [9.17, 15) is 14.4 Å². The van der Waals surface area contributed by atoms with Crippen LogP contribution in [0.3, 0.4) is 0 Å². The minimum absolute atomic E-state index is 0.000587. The van der Waals surface area contributed by atoms with Crippen molar-refractivity contribution in [3.63, 3.8) is 0 Å². The van der Waals surface area contributed by atoms with Gasteiger partial charge in [0.15, 0.2) is 5.78 Å². The lowest BCUT2D eigenvalue weighted by molar-refractivity contribution is -0.138. The van der Waals surface area contributed by atoms with Crippen LogP contribution in [0.2, 0.25) is 0 Å². The van der Waals surface area contributed by atoms with Gasteiger partial charge in [-0.05, 0) is 83.4 Å². The summed E-state index contributed by atoms with van der Waals surface area (Å²) >= 11 is 3.36. The van der Waals surface area contributed by atoms with Crippen LogP contribution in [0.5, 0.6) is 0 Å². The number of carbonyl (C=O) groups excluding carboxylic acids is 3. The molecule has 4 aromatic rings. The third-order valence-corrected chi connectivity index (χ3v) is 8.55.